The van der Waals surface area contributed by atoms with E-state index in [1.807, 2.05) is 32.0 Å². The number of benzene rings is 2. The Bertz CT molecular complexity index is 980. The van der Waals surface area contributed by atoms with E-state index in [1.165, 1.54) is 19.3 Å². The van der Waals surface area contributed by atoms with Crippen LogP contribution in [-0.4, -0.2) is 21.7 Å². The van der Waals surface area contributed by atoms with Crippen LogP contribution in [0.5, 0.6) is 0 Å². The molecular weight excluding hydrogens is 340 g/mol. The summed E-state index contributed by atoms with van der Waals surface area (Å²) in [5.74, 6) is 0.118. The highest BCUT2D eigenvalue weighted by Crippen LogP contribution is 2.18. The van der Waals surface area contributed by atoms with Gasteiger partial charge in [-0.3, -0.25) is 9.59 Å². The summed E-state index contributed by atoms with van der Waals surface area (Å²) < 4.78 is 0. The average molecular weight is 360 g/mol. The third kappa shape index (κ3) is 4.55. The van der Waals surface area contributed by atoms with Crippen LogP contribution in [-0.2, 0) is 0 Å². The first-order valence-electron chi connectivity index (χ1n) is 8.51. The molecule has 0 saturated carbocycles. The number of anilines is 3. The Labute approximate surface area is 157 Å². The molecule has 27 heavy (non-hydrogen) atoms. The van der Waals surface area contributed by atoms with Crippen LogP contribution in [0.25, 0.3) is 0 Å². The van der Waals surface area contributed by atoms with Crippen LogP contribution < -0.4 is 10.6 Å². The van der Waals surface area contributed by atoms with Crippen molar-refractivity contribution < 1.29 is 9.59 Å². The van der Waals surface area contributed by atoms with E-state index in [4.69, 9.17) is 0 Å². The van der Waals surface area contributed by atoms with E-state index in [2.05, 4.69) is 20.6 Å². The summed E-state index contributed by atoms with van der Waals surface area (Å²) in [6.07, 6.45) is 2.94. The molecule has 0 aliphatic heterocycles. The molecule has 1 aromatic heterocycles. The van der Waals surface area contributed by atoms with Gasteiger partial charge in [0.1, 0.15) is 0 Å². The standard InChI is InChI=1S/C21H20N4O2/c1-13-4-5-14(2)19(10-13)25-20(27)17-11-22-21(23-12-17)24-18-8-6-16(7-9-18)15(3)26/h4-12H,1-3H3,(H,25,27)(H,22,23,24). The first kappa shape index (κ1) is 18.3. The van der Waals surface area contributed by atoms with Crippen molar-refractivity contribution in [3.05, 3.63) is 77.1 Å². The molecule has 0 atom stereocenters. The summed E-state index contributed by atoms with van der Waals surface area (Å²) in [5.41, 5.74) is 4.60. The van der Waals surface area contributed by atoms with Crippen LogP contribution in [0.15, 0.2) is 54.9 Å². The molecule has 0 aliphatic rings. The van der Waals surface area contributed by atoms with E-state index in [-0.39, 0.29) is 11.7 Å². The molecule has 6 nitrogen and oxygen atoms in total. The van der Waals surface area contributed by atoms with Gasteiger partial charge in [0.25, 0.3) is 5.91 Å². The van der Waals surface area contributed by atoms with Crippen molar-refractivity contribution in [2.75, 3.05) is 10.6 Å². The summed E-state index contributed by atoms with van der Waals surface area (Å²) >= 11 is 0. The molecule has 0 unspecified atom stereocenters. The van der Waals surface area contributed by atoms with Crippen molar-refractivity contribution in [1.29, 1.82) is 0 Å². The first-order chi connectivity index (χ1) is 12.9. The molecule has 2 aromatic carbocycles. The molecule has 0 spiro atoms. The summed E-state index contributed by atoms with van der Waals surface area (Å²) in [4.78, 5) is 32.1. The van der Waals surface area contributed by atoms with Gasteiger partial charge in [0, 0.05) is 29.3 Å². The lowest BCUT2D eigenvalue weighted by atomic mass is 10.1. The van der Waals surface area contributed by atoms with Crippen molar-refractivity contribution >= 4 is 29.0 Å². The molecule has 2 N–H and O–H groups in total. The molecule has 0 radical (unpaired) electrons. The number of Topliss-reactive ketones (excluding diaryl/α,β-unsaturated/α-hetero) is 1. The fourth-order valence-corrected chi connectivity index (χ4v) is 2.49. The van der Waals surface area contributed by atoms with E-state index in [0.29, 0.717) is 17.1 Å². The van der Waals surface area contributed by atoms with Gasteiger partial charge in [0.05, 0.1) is 5.56 Å². The maximum atomic E-state index is 12.4. The fraction of sp³-hybridized carbons (Fsp3) is 0.143. The van der Waals surface area contributed by atoms with Crippen molar-refractivity contribution in [2.45, 2.75) is 20.8 Å². The second kappa shape index (κ2) is 7.78. The number of nitrogens with zero attached hydrogens (tertiary/aromatic N) is 2. The van der Waals surface area contributed by atoms with Crippen LogP contribution in [0.1, 0.15) is 38.8 Å². The largest absolute Gasteiger partial charge is 0.324 e. The summed E-state index contributed by atoms with van der Waals surface area (Å²) in [6, 6.07) is 12.9. The molecule has 0 fully saturated rings. The van der Waals surface area contributed by atoms with Crippen LogP contribution in [0.4, 0.5) is 17.3 Å². The van der Waals surface area contributed by atoms with Crippen molar-refractivity contribution in [3.63, 3.8) is 0 Å². The van der Waals surface area contributed by atoms with E-state index in [0.717, 1.165) is 22.5 Å². The number of rotatable bonds is 5. The molecule has 1 amide bonds. The van der Waals surface area contributed by atoms with Crippen LogP contribution in [0, 0.1) is 13.8 Å². The Kier molecular flexibility index (Phi) is 5.26. The number of hydrogen-bond donors (Lipinski definition) is 2. The molecule has 0 aliphatic carbocycles. The molecule has 3 aromatic rings. The maximum absolute atomic E-state index is 12.4. The quantitative estimate of drug-likeness (QED) is 0.663. The van der Waals surface area contributed by atoms with Crippen LogP contribution >= 0.6 is 0 Å². The number of nitrogens with one attached hydrogen (secondary N) is 2. The molecule has 136 valence electrons. The minimum Gasteiger partial charge on any atom is -0.324 e. The van der Waals surface area contributed by atoms with Gasteiger partial charge in [-0.1, -0.05) is 12.1 Å². The topological polar surface area (TPSA) is 84.0 Å². The summed E-state index contributed by atoms with van der Waals surface area (Å²) in [5, 5.41) is 5.92. The predicted molar refractivity (Wildman–Crippen MR) is 106 cm³/mol. The molecule has 1 heterocycles. The van der Waals surface area contributed by atoms with Crippen LogP contribution in [0.2, 0.25) is 0 Å². The van der Waals surface area contributed by atoms with Crippen molar-refractivity contribution in [3.8, 4) is 0 Å². The zero-order valence-corrected chi connectivity index (χ0v) is 15.4. The van der Waals surface area contributed by atoms with Gasteiger partial charge >= 0.3 is 0 Å². The maximum Gasteiger partial charge on any atom is 0.258 e. The van der Waals surface area contributed by atoms with Crippen molar-refractivity contribution in [1.82, 2.24) is 9.97 Å². The van der Waals surface area contributed by atoms with Gasteiger partial charge < -0.3 is 10.6 Å². The van der Waals surface area contributed by atoms with Crippen LogP contribution in [0.3, 0.4) is 0 Å². The summed E-state index contributed by atoms with van der Waals surface area (Å²) in [7, 11) is 0. The molecule has 3 rings (SSSR count). The molecule has 6 heteroatoms. The zero-order valence-electron chi connectivity index (χ0n) is 15.4. The minimum atomic E-state index is -0.263. The van der Waals surface area contributed by atoms with E-state index in [9.17, 15) is 9.59 Å². The Hall–Kier alpha value is -3.54. The molecule has 0 bridgehead atoms. The highest BCUT2D eigenvalue weighted by atomic mass is 16.1. The highest BCUT2D eigenvalue weighted by molar-refractivity contribution is 6.04. The second-order valence-electron chi connectivity index (χ2n) is 6.33. The van der Waals surface area contributed by atoms with E-state index >= 15 is 0 Å². The number of amides is 1. The van der Waals surface area contributed by atoms with Gasteiger partial charge in [-0.15, -0.1) is 0 Å². The Morgan fingerprint density at radius 3 is 2.19 bits per heavy atom. The Morgan fingerprint density at radius 1 is 0.889 bits per heavy atom. The highest BCUT2D eigenvalue weighted by Gasteiger charge is 2.10. The van der Waals surface area contributed by atoms with Gasteiger partial charge in [0.15, 0.2) is 5.78 Å². The van der Waals surface area contributed by atoms with E-state index in [1.54, 1.807) is 24.3 Å². The number of aryl methyl sites for hydroxylation is 2. The van der Waals surface area contributed by atoms with E-state index < -0.39 is 0 Å². The second-order valence-corrected chi connectivity index (χ2v) is 6.33. The zero-order chi connectivity index (χ0) is 19.4. The van der Waals surface area contributed by atoms with Gasteiger partial charge in [-0.25, -0.2) is 9.97 Å². The lowest BCUT2D eigenvalue weighted by Gasteiger charge is -2.10. The van der Waals surface area contributed by atoms with Gasteiger partial charge in [0.2, 0.25) is 5.95 Å². The predicted octanol–water partition coefficient (Wildman–Crippen LogP) is 4.29. The molecule has 0 saturated heterocycles. The lowest BCUT2D eigenvalue weighted by Crippen LogP contribution is -2.14. The minimum absolute atomic E-state index is 0.0111. The Morgan fingerprint density at radius 2 is 1.56 bits per heavy atom. The Balaban J connectivity index is 1.68. The number of aromatic nitrogens is 2. The van der Waals surface area contributed by atoms with Gasteiger partial charge in [-0.2, -0.15) is 0 Å². The summed E-state index contributed by atoms with van der Waals surface area (Å²) in [6.45, 7) is 5.44. The first-order valence-corrected chi connectivity index (χ1v) is 8.51. The lowest BCUT2D eigenvalue weighted by molar-refractivity contribution is 0.101. The fourth-order valence-electron chi connectivity index (χ4n) is 2.49. The average Bonchev–Trinajstić information content (AvgIpc) is 2.65. The SMILES string of the molecule is CC(=O)c1ccc(Nc2ncc(C(=O)Nc3cc(C)ccc3C)cn2)cc1. The number of carbonyl (C=O) groups is 2. The number of carbonyl (C=O) groups excluding carboxylic acids is 2. The monoisotopic (exact) mass is 360 g/mol. The smallest absolute Gasteiger partial charge is 0.258 e. The number of hydrogen-bond acceptors (Lipinski definition) is 5. The molecular formula is C21H20N4O2. The van der Waals surface area contributed by atoms with Gasteiger partial charge in [-0.05, 0) is 62.2 Å². The third-order valence-corrected chi connectivity index (χ3v) is 4.10. The third-order valence-electron chi connectivity index (χ3n) is 4.10. The van der Waals surface area contributed by atoms with Crippen molar-refractivity contribution in [2.24, 2.45) is 0 Å². The normalized spacial score (nSPS) is 10.3. The number of ketones is 1.